The normalized spacial score (nSPS) is 14.7. The van der Waals surface area contributed by atoms with Gasteiger partial charge in [0.2, 0.25) is 0 Å². The molecule has 1 aliphatic rings. The van der Waals surface area contributed by atoms with Crippen LogP contribution in [0.3, 0.4) is 0 Å². The fourth-order valence-corrected chi connectivity index (χ4v) is 2.30. The minimum atomic E-state index is 0.635. The number of aryl methyl sites for hydroxylation is 1. The van der Waals surface area contributed by atoms with Crippen LogP contribution < -0.4 is 10.6 Å². The Morgan fingerprint density at radius 2 is 2.17 bits per heavy atom. The first-order valence-corrected chi connectivity index (χ1v) is 6.39. The molecule has 1 aliphatic carbocycles. The molecule has 3 nitrogen and oxygen atoms in total. The minimum Gasteiger partial charge on any atom is -0.467 e. The Hall–Kier alpha value is -1.90. The van der Waals surface area contributed by atoms with Crippen molar-refractivity contribution < 1.29 is 4.42 Å². The van der Waals surface area contributed by atoms with Crippen molar-refractivity contribution in [3.63, 3.8) is 0 Å². The van der Waals surface area contributed by atoms with Crippen LogP contribution in [0.15, 0.2) is 41.0 Å². The predicted molar refractivity (Wildman–Crippen MR) is 73.5 cm³/mol. The molecule has 1 heterocycles. The van der Waals surface area contributed by atoms with Crippen molar-refractivity contribution in [2.45, 2.75) is 32.4 Å². The van der Waals surface area contributed by atoms with E-state index in [2.05, 4.69) is 24.0 Å². The molecule has 0 atom stereocenters. The summed E-state index contributed by atoms with van der Waals surface area (Å²) in [5, 5.41) is 0. The molecule has 1 aromatic heterocycles. The van der Waals surface area contributed by atoms with Crippen LogP contribution in [0.4, 0.5) is 11.4 Å². The van der Waals surface area contributed by atoms with Crippen LogP contribution in [0, 0.1) is 6.92 Å². The number of benzene rings is 1. The van der Waals surface area contributed by atoms with Crippen LogP contribution in [0.1, 0.15) is 24.2 Å². The first-order chi connectivity index (χ1) is 8.74. The van der Waals surface area contributed by atoms with Gasteiger partial charge in [0.25, 0.3) is 0 Å². The summed E-state index contributed by atoms with van der Waals surface area (Å²) in [5.41, 5.74) is 9.23. The van der Waals surface area contributed by atoms with E-state index in [1.54, 1.807) is 6.26 Å². The molecule has 0 saturated heterocycles. The molecule has 0 unspecified atom stereocenters. The maximum Gasteiger partial charge on any atom is 0.123 e. The van der Waals surface area contributed by atoms with Crippen LogP contribution in [-0.4, -0.2) is 6.04 Å². The van der Waals surface area contributed by atoms with Gasteiger partial charge in [-0.05, 0) is 49.6 Å². The summed E-state index contributed by atoms with van der Waals surface area (Å²) < 4.78 is 5.46. The summed E-state index contributed by atoms with van der Waals surface area (Å²) in [6.07, 6.45) is 4.25. The molecule has 94 valence electrons. The van der Waals surface area contributed by atoms with E-state index >= 15 is 0 Å². The lowest BCUT2D eigenvalue weighted by Gasteiger charge is -2.25. The highest BCUT2D eigenvalue weighted by Gasteiger charge is 2.30. The van der Waals surface area contributed by atoms with Crippen LogP contribution >= 0.6 is 0 Å². The fraction of sp³-hybridized carbons (Fsp3) is 0.333. The van der Waals surface area contributed by atoms with E-state index in [-0.39, 0.29) is 0 Å². The lowest BCUT2D eigenvalue weighted by atomic mass is 10.1. The van der Waals surface area contributed by atoms with Gasteiger partial charge in [-0.1, -0.05) is 6.07 Å². The van der Waals surface area contributed by atoms with Crippen molar-refractivity contribution >= 4 is 11.4 Å². The van der Waals surface area contributed by atoms with Gasteiger partial charge in [-0.15, -0.1) is 0 Å². The number of hydrogen-bond acceptors (Lipinski definition) is 3. The fourth-order valence-electron chi connectivity index (χ4n) is 2.30. The molecule has 1 saturated carbocycles. The van der Waals surface area contributed by atoms with Crippen molar-refractivity contribution in [1.82, 2.24) is 0 Å². The van der Waals surface area contributed by atoms with Crippen molar-refractivity contribution in [3.8, 4) is 0 Å². The van der Waals surface area contributed by atoms with Crippen LogP contribution in [0.25, 0.3) is 0 Å². The van der Waals surface area contributed by atoms with E-state index in [9.17, 15) is 0 Å². The summed E-state index contributed by atoms with van der Waals surface area (Å²) >= 11 is 0. The SMILES string of the molecule is Cc1ccc(N)cc1N(Cc1ccco1)C1CC1. The Bertz CT molecular complexity index is 529. The van der Waals surface area contributed by atoms with Gasteiger partial charge in [0.15, 0.2) is 0 Å². The van der Waals surface area contributed by atoms with E-state index < -0.39 is 0 Å². The largest absolute Gasteiger partial charge is 0.467 e. The second-order valence-electron chi connectivity index (χ2n) is 4.98. The summed E-state index contributed by atoms with van der Waals surface area (Å²) in [5.74, 6) is 1.00. The average molecular weight is 242 g/mol. The number of nitrogens with zero attached hydrogens (tertiary/aromatic N) is 1. The number of anilines is 2. The monoisotopic (exact) mass is 242 g/mol. The number of nitrogen functional groups attached to an aromatic ring is 1. The molecule has 0 aliphatic heterocycles. The van der Waals surface area contributed by atoms with Gasteiger partial charge in [0.05, 0.1) is 12.8 Å². The molecule has 18 heavy (non-hydrogen) atoms. The Labute approximate surface area is 107 Å². The number of rotatable bonds is 4. The van der Waals surface area contributed by atoms with Gasteiger partial charge in [0.1, 0.15) is 5.76 Å². The van der Waals surface area contributed by atoms with E-state index in [4.69, 9.17) is 10.2 Å². The number of furan rings is 1. The molecular weight excluding hydrogens is 224 g/mol. The topological polar surface area (TPSA) is 42.4 Å². The highest BCUT2D eigenvalue weighted by Crippen LogP contribution is 2.35. The highest BCUT2D eigenvalue weighted by molar-refractivity contribution is 5.62. The third kappa shape index (κ3) is 2.21. The second-order valence-corrected chi connectivity index (χ2v) is 4.98. The molecule has 1 fully saturated rings. The zero-order valence-corrected chi connectivity index (χ0v) is 10.6. The Morgan fingerprint density at radius 3 is 2.83 bits per heavy atom. The predicted octanol–water partition coefficient (Wildman–Crippen LogP) is 3.34. The van der Waals surface area contributed by atoms with Crippen LogP contribution in [0.2, 0.25) is 0 Å². The molecule has 0 amide bonds. The minimum absolute atomic E-state index is 0.635. The van der Waals surface area contributed by atoms with Crippen LogP contribution in [0.5, 0.6) is 0 Å². The summed E-state index contributed by atoms with van der Waals surface area (Å²) in [6.45, 7) is 2.95. The average Bonchev–Trinajstić information content (AvgIpc) is 3.07. The molecule has 0 spiro atoms. The summed E-state index contributed by atoms with van der Waals surface area (Å²) in [4.78, 5) is 2.41. The first kappa shape index (κ1) is 11.2. The molecule has 3 rings (SSSR count). The van der Waals surface area contributed by atoms with Gasteiger partial charge < -0.3 is 15.1 Å². The van der Waals surface area contributed by atoms with Crippen LogP contribution in [-0.2, 0) is 6.54 Å². The van der Waals surface area contributed by atoms with Gasteiger partial charge >= 0.3 is 0 Å². The molecule has 3 heteroatoms. The molecule has 1 aromatic carbocycles. The van der Waals surface area contributed by atoms with Gasteiger partial charge in [0, 0.05) is 17.4 Å². The van der Waals surface area contributed by atoms with E-state index in [0.29, 0.717) is 6.04 Å². The van der Waals surface area contributed by atoms with Gasteiger partial charge in [-0.3, -0.25) is 0 Å². The standard InChI is InChI=1S/C15H18N2O/c1-11-4-5-12(16)9-15(11)17(13-6-7-13)10-14-3-2-8-18-14/h2-5,8-9,13H,6-7,10,16H2,1H3. The Morgan fingerprint density at radius 1 is 1.33 bits per heavy atom. The first-order valence-electron chi connectivity index (χ1n) is 6.39. The number of hydrogen-bond donors (Lipinski definition) is 1. The molecule has 0 radical (unpaired) electrons. The van der Waals surface area contributed by atoms with E-state index in [0.717, 1.165) is 18.0 Å². The van der Waals surface area contributed by atoms with Crippen molar-refractivity contribution in [2.24, 2.45) is 0 Å². The Balaban J connectivity index is 1.91. The van der Waals surface area contributed by atoms with Crippen molar-refractivity contribution in [3.05, 3.63) is 47.9 Å². The van der Waals surface area contributed by atoms with E-state index in [1.165, 1.54) is 24.1 Å². The third-order valence-corrected chi connectivity index (χ3v) is 3.44. The summed E-state index contributed by atoms with van der Waals surface area (Å²) in [6, 6.07) is 10.7. The second kappa shape index (κ2) is 4.41. The van der Waals surface area contributed by atoms with E-state index in [1.807, 2.05) is 18.2 Å². The lowest BCUT2D eigenvalue weighted by molar-refractivity contribution is 0.501. The molecule has 2 aromatic rings. The summed E-state index contributed by atoms with van der Waals surface area (Å²) in [7, 11) is 0. The zero-order chi connectivity index (χ0) is 12.5. The molecule has 0 bridgehead atoms. The smallest absolute Gasteiger partial charge is 0.123 e. The quantitative estimate of drug-likeness (QED) is 0.836. The third-order valence-electron chi connectivity index (χ3n) is 3.44. The van der Waals surface area contributed by atoms with Crippen molar-refractivity contribution in [2.75, 3.05) is 10.6 Å². The van der Waals surface area contributed by atoms with Crippen molar-refractivity contribution in [1.29, 1.82) is 0 Å². The Kier molecular flexibility index (Phi) is 2.74. The highest BCUT2D eigenvalue weighted by atomic mass is 16.3. The van der Waals surface area contributed by atoms with Gasteiger partial charge in [-0.2, -0.15) is 0 Å². The number of nitrogens with two attached hydrogens (primary N) is 1. The maximum atomic E-state index is 5.91. The molecule has 2 N–H and O–H groups in total. The van der Waals surface area contributed by atoms with Gasteiger partial charge in [-0.25, -0.2) is 0 Å². The lowest BCUT2D eigenvalue weighted by Crippen LogP contribution is -2.25. The zero-order valence-electron chi connectivity index (χ0n) is 10.6. The molecular formula is C15H18N2O. The maximum absolute atomic E-state index is 5.91.